The number of aryl methyl sites for hydroxylation is 1. The molecule has 1 fully saturated rings. The van der Waals surface area contributed by atoms with Gasteiger partial charge >= 0.3 is 11.9 Å². The highest BCUT2D eigenvalue weighted by atomic mass is 16.5. The number of nitrogens with zero attached hydrogens (tertiary/aromatic N) is 1. The number of hydrogen-bond donors (Lipinski definition) is 0. The van der Waals surface area contributed by atoms with E-state index in [-0.39, 0.29) is 11.9 Å². The zero-order chi connectivity index (χ0) is 21.4. The lowest BCUT2D eigenvalue weighted by atomic mass is 9.74. The molecular weight excluding hydrogens is 378 g/mol. The van der Waals surface area contributed by atoms with Crippen LogP contribution >= 0.6 is 0 Å². The molecule has 0 radical (unpaired) electrons. The van der Waals surface area contributed by atoms with Crippen molar-refractivity contribution in [2.45, 2.75) is 39.2 Å². The molecule has 0 aliphatic carbocycles. The van der Waals surface area contributed by atoms with Crippen LogP contribution in [0, 0.1) is 5.41 Å². The number of piperidine rings is 1. The number of benzene rings is 2. The number of likely N-dealkylation sites (tertiary alicyclic amines) is 1. The Bertz CT molecular complexity index is 824. The lowest BCUT2D eigenvalue weighted by molar-refractivity contribution is -0.159. The minimum Gasteiger partial charge on any atom is -0.466 e. The van der Waals surface area contributed by atoms with Gasteiger partial charge < -0.3 is 9.47 Å². The van der Waals surface area contributed by atoms with Gasteiger partial charge in [0.05, 0.1) is 24.7 Å². The van der Waals surface area contributed by atoms with Gasteiger partial charge in [-0.05, 0) is 69.0 Å². The van der Waals surface area contributed by atoms with Gasteiger partial charge in [0.15, 0.2) is 0 Å². The van der Waals surface area contributed by atoms with Crippen LogP contribution in [0.15, 0.2) is 54.6 Å². The average Bonchev–Trinajstić information content (AvgIpc) is 2.79. The van der Waals surface area contributed by atoms with E-state index in [0.717, 1.165) is 50.9 Å². The number of rotatable bonds is 8. The first kappa shape index (κ1) is 22.0. The molecule has 1 saturated heterocycles. The summed E-state index contributed by atoms with van der Waals surface area (Å²) in [5, 5.41) is 0. The van der Waals surface area contributed by atoms with E-state index in [0.29, 0.717) is 12.2 Å². The molecule has 5 heteroatoms. The van der Waals surface area contributed by atoms with E-state index in [4.69, 9.17) is 9.47 Å². The first-order valence-electron chi connectivity index (χ1n) is 10.7. The molecular formula is C25H31NO4. The van der Waals surface area contributed by atoms with Gasteiger partial charge in [-0.15, -0.1) is 0 Å². The third-order valence-electron chi connectivity index (χ3n) is 6.04. The Morgan fingerprint density at radius 3 is 2.23 bits per heavy atom. The maximum absolute atomic E-state index is 12.9. The number of esters is 2. The molecule has 5 nitrogen and oxygen atoms in total. The van der Waals surface area contributed by atoms with E-state index in [1.807, 2.05) is 37.3 Å². The molecule has 2 aromatic rings. The number of methoxy groups -OCH3 is 1. The van der Waals surface area contributed by atoms with Crippen molar-refractivity contribution in [2.75, 3.05) is 26.8 Å². The lowest BCUT2D eigenvalue weighted by Gasteiger charge is -2.40. The number of carbonyl (C=O) groups excluding carboxylic acids is 2. The third-order valence-corrected chi connectivity index (χ3v) is 6.04. The molecule has 2 aromatic carbocycles. The molecule has 30 heavy (non-hydrogen) atoms. The van der Waals surface area contributed by atoms with Crippen molar-refractivity contribution >= 4 is 11.9 Å². The van der Waals surface area contributed by atoms with Gasteiger partial charge in [-0.2, -0.15) is 0 Å². The summed E-state index contributed by atoms with van der Waals surface area (Å²) >= 11 is 0. The Morgan fingerprint density at radius 1 is 0.967 bits per heavy atom. The quantitative estimate of drug-likeness (QED) is 0.610. The van der Waals surface area contributed by atoms with Crippen LogP contribution in [0.1, 0.15) is 47.7 Å². The second-order valence-corrected chi connectivity index (χ2v) is 7.95. The highest BCUT2D eigenvalue weighted by Gasteiger charge is 2.42. The van der Waals surface area contributed by atoms with Crippen molar-refractivity contribution < 1.29 is 19.1 Å². The number of ether oxygens (including phenoxy) is 2. The van der Waals surface area contributed by atoms with Crippen molar-refractivity contribution in [3.63, 3.8) is 0 Å². The predicted molar refractivity (Wildman–Crippen MR) is 116 cm³/mol. The molecule has 0 aromatic heterocycles. The summed E-state index contributed by atoms with van der Waals surface area (Å²) in [6.45, 7) is 4.80. The van der Waals surface area contributed by atoms with E-state index in [1.54, 1.807) is 12.1 Å². The molecule has 1 aliphatic rings. The molecule has 3 rings (SSSR count). The first-order valence-corrected chi connectivity index (χ1v) is 10.7. The Balaban J connectivity index is 1.61. The molecule has 0 saturated carbocycles. The Hall–Kier alpha value is -2.66. The van der Waals surface area contributed by atoms with Gasteiger partial charge in [0.1, 0.15) is 0 Å². The molecule has 0 atom stereocenters. The van der Waals surface area contributed by atoms with Crippen molar-refractivity contribution in [1.82, 2.24) is 4.90 Å². The van der Waals surface area contributed by atoms with E-state index in [9.17, 15) is 9.59 Å². The minimum atomic E-state index is -0.406. The third kappa shape index (κ3) is 5.48. The summed E-state index contributed by atoms with van der Waals surface area (Å²) in [6, 6.07) is 17.9. The van der Waals surface area contributed by atoms with Crippen LogP contribution in [0.4, 0.5) is 0 Å². The fraction of sp³-hybridized carbons (Fsp3) is 0.440. The van der Waals surface area contributed by atoms with Crippen LogP contribution in [0.5, 0.6) is 0 Å². The number of hydrogen-bond acceptors (Lipinski definition) is 5. The van der Waals surface area contributed by atoms with Crippen molar-refractivity contribution in [1.29, 1.82) is 0 Å². The summed E-state index contributed by atoms with van der Waals surface area (Å²) in [7, 11) is 1.39. The van der Waals surface area contributed by atoms with Crippen LogP contribution in [-0.4, -0.2) is 43.6 Å². The maximum Gasteiger partial charge on any atom is 0.337 e. The van der Waals surface area contributed by atoms with Crippen molar-refractivity contribution in [2.24, 2.45) is 5.41 Å². The van der Waals surface area contributed by atoms with Gasteiger partial charge in [-0.3, -0.25) is 9.69 Å². The highest BCUT2D eigenvalue weighted by Crippen LogP contribution is 2.38. The zero-order valence-corrected chi connectivity index (χ0v) is 17.9. The predicted octanol–water partition coefficient (Wildman–Crippen LogP) is 4.25. The van der Waals surface area contributed by atoms with Crippen LogP contribution < -0.4 is 0 Å². The summed E-state index contributed by atoms with van der Waals surface area (Å²) in [6.07, 6.45) is 3.31. The molecule has 0 N–H and O–H groups in total. The monoisotopic (exact) mass is 409 g/mol. The van der Waals surface area contributed by atoms with E-state index < -0.39 is 5.41 Å². The summed E-state index contributed by atoms with van der Waals surface area (Å²) in [5.41, 5.74) is 2.56. The number of carbonyl (C=O) groups is 2. The molecule has 160 valence electrons. The van der Waals surface area contributed by atoms with E-state index in [2.05, 4.69) is 17.0 Å². The van der Waals surface area contributed by atoms with Crippen LogP contribution in [0.3, 0.4) is 0 Å². The summed E-state index contributed by atoms with van der Waals surface area (Å²) < 4.78 is 10.2. The second-order valence-electron chi connectivity index (χ2n) is 7.95. The van der Waals surface area contributed by atoms with Crippen LogP contribution in [-0.2, 0) is 27.2 Å². The molecule has 1 heterocycles. The van der Waals surface area contributed by atoms with Gasteiger partial charge in [-0.1, -0.05) is 42.5 Å². The van der Waals surface area contributed by atoms with Gasteiger partial charge in [0.25, 0.3) is 0 Å². The van der Waals surface area contributed by atoms with Crippen molar-refractivity contribution in [3.05, 3.63) is 71.3 Å². The van der Waals surface area contributed by atoms with E-state index >= 15 is 0 Å². The Morgan fingerprint density at radius 2 is 1.63 bits per heavy atom. The fourth-order valence-electron chi connectivity index (χ4n) is 4.13. The van der Waals surface area contributed by atoms with Crippen LogP contribution in [0.25, 0.3) is 0 Å². The molecule has 0 amide bonds. The maximum atomic E-state index is 12.9. The molecule has 0 spiro atoms. The zero-order valence-electron chi connectivity index (χ0n) is 17.9. The topological polar surface area (TPSA) is 55.8 Å². The van der Waals surface area contributed by atoms with Gasteiger partial charge in [0.2, 0.25) is 0 Å². The highest BCUT2D eigenvalue weighted by molar-refractivity contribution is 5.89. The van der Waals surface area contributed by atoms with Gasteiger partial charge in [-0.25, -0.2) is 4.79 Å². The smallest absolute Gasteiger partial charge is 0.337 e. The first-order chi connectivity index (χ1) is 14.6. The van der Waals surface area contributed by atoms with E-state index in [1.165, 1.54) is 12.7 Å². The average molecular weight is 410 g/mol. The Labute approximate surface area is 179 Å². The molecule has 1 aliphatic heterocycles. The molecule has 0 unspecified atom stereocenters. The van der Waals surface area contributed by atoms with Crippen LogP contribution in [0.2, 0.25) is 0 Å². The van der Waals surface area contributed by atoms with Crippen molar-refractivity contribution in [3.8, 4) is 0 Å². The SMILES string of the molecule is CCOC(=O)C1(CCc2ccccc2)CCN(Cc2ccc(C(=O)OC)cc2)CC1. The molecule has 0 bridgehead atoms. The summed E-state index contributed by atoms with van der Waals surface area (Å²) in [5.74, 6) is -0.375. The Kier molecular flexibility index (Phi) is 7.63. The lowest BCUT2D eigenvalue weighted by Crippen LogP contribution is -2.45. The summed E-state index contributed by atoms with van der Waals surface area (Å²) in [4.78, 5) is 26.8. The minimum absolute atomic E-state index is 0.0528. The second kappa shape index (κ2) is 10.4. The van der Waals surface area contributed by atoms with Gasteiger partial charge in [0, 0.05) is 6.54 Å². The standard InChI is InChI=1S/C25H31NO4/c1-3-30-24(28)25(14-13-20-7-5-4-6-8-20)15-17-26(18-16-25)19-21-9-11-22(12-10-21)23(27)29-2/h4-12H,3,13-19H2,1-2H3. The fourth-order valence-corrected chi connectivity index (χ4v) is 4.13. The normalized spacial score (nSPS) is 16.1. The largest absolute Gasteiger partial charge is 0.466 e.